The molecule has 0 N–H and O–H groups in total. The van der Waals surface area contributed by atoms with Crippen molar-refractivity contribution in [2.75, 3.05) is 31.1 Å². The average Bonchev–Trinajstić information content (AvgIpc) is 3.54. The third kappa shape index (κ3) is 4.45. The number of amides is 1. The van der Waals surface area contributed by atoms with Crippen molar-refractivity contribution in [1.29, 1.82) is 0 Å². The Bertz CT molecular complexity index is 1340. The molecule has 11 heteroatoms. The summed E-state index contributed by atoms with van der Waals surface area (Å²) < 4.78 is 50.6. The van der Waals surface area contributed by atoms with Gasteiger partial charge in [-0.1, -0.05) is 24.2 Å². The number of hydrogen-bond donors (Lipinski definition) is 0. The first-order chi connectivity index (χ1) is 16.8. The van der Waals surface area contributed by atoms with Crippen molar-refractivity contribution in [1.82, 2.24) is 20.0 Å². The van der Waals surface area contributed by atoms with Crippen molar-refractivity contribution in [3.63, 3.8) is 0 Å². The second-order valence-electron chi connectivity index (χ2n) is 8.26. The van der Waals surface area contributed by atoms with Gasteiger partial charge in [0.25, 0.3) is 11.6 Å². The molecule has 1 fully saturated rings. The van der Waals surface area contributed by atoms with E-state index < -0.39 is 11.7 Å². The minimum atomic E-state index is -4.49. The predicted octanol–water partition coefficient (Wildman–Crippen LogP) is 4.81. The van der Waals surface area contributed by atoms with Crippen LogP contribution in [0.3, 0.4) is 0 Å². The van der Waals surface area contributed by atoms with Gasteiger partial charge in [0.2, 0.25) is 0 Å². The Hall–Kier alpha value is -3.89. The molecule has 1 aliphatic heterocycles. The minimum absolute atomic E-state index is 0.191. The molecule has 182 valence electrons. The maximum atomic E-state index is 13.3. The van der Waals surface area contributed by atoms with Gasteiger partial charge in [0.1, 0.15) is 22.7 Å². The van der Waals surface area contributed by atoms with E-state index in [2.05, 4.69) is 10.1 Å². The third-order valence-corrected chi connectivity index (χ3v) is 5.90. The van der Waals surface area contributed by atoms with Gasteiger partial charge in [-0.25, -0.2) is 4.98 Å². The Kier molecular flexibility index (Phi) is 5.91. The lowest BCUT2D eigenvalue weighted by atomic mass is 10.1. The summed E-state index contributed by atoms with van der Waals surface area (Å²) >= 11 is 0. The fraction of sp³-hybridized carbons (Fsp3) is 0.333. The summed E-state index contributed by atoms with van der Waals surface area (Å²) in [5.41, 5.74) is -0.0437. The normalized spacial score (nSPS) is 14.6. The standard InChI is InChI=1S/C24H22F3N5O3/c1-2-5-18-28-21(31-9-11-32(12-10-31)23(33)17-8-4-13-34-17)19-20(30-35-22(19)29-18)15-6-3-7-16(14-15)24(25,26)27/h3-4,6-8,13-14H,2,5,9-12H2,1H3. The van der Waals surface area contributed by atoms with E-state index in [1.54, 1.807) is 23.1 Å². The summed E-state index contributed by atoms with van der Waals surface area (Å²) in [6, 6.07) is 8.23. The number of aryl methyl sites for hydroxylation is 1. The zero-order valence-corrected chi connectivity index (χ0v) is 18.9. The van der Waals surface area contributed by atoms with Gasteiger partial charge in [-0.05, 0) is 30.7 Å². The second kappa shape index (κ2) is 9.05. The van der Waals surface area contributed by atoms with Gasteiger partial charge in [-0.3, -0.25) is 4.79 Å². The van der Waals surface area contributed by atoms with Crippen LogP contribution in [0, 0.1) is 0 Å². The lowest BCUT2D eigenvalue weighted by Crippen LogP contribution is -2.49. The Balaban J connectivity index is 1.51. The van der Waals surface area contributed by atoms with Crippen LogP contribution in [0.5, 0.6) is 0 Å². The Morgan fingerprint density at radius 2 is 1.89 bits per heavy atom. The summed E-state index contributed by atoms with van der Waals surface area (Å²) in [6.07, 6.45) is -1.61. The molecule has 0 spiro atoms. The van der Waals surface area contributed by atoms with E-state index in [1.165, 1.54) is 12.3 Å². The number of anilines is 1. The smallest absolute Gasteiger partial charge is 0.416 e. The molecule has 0 radical (unpaired) electrons. The minimum Gasteiger partial charge on any atom is -0.459 e. The van der Waals surface area contributed by atoms with Gasteiger partial charge < -0.3 is 18.7 Å². The van der Waals surface area contributed by atoms with Crippen LogP contribution >= 0.6 is 0 Å². The quantitative estimate of drug-likeness (QED) is 0.401. The summed E-state index contributed by atoms with van der Waals surface area (Å²) in [6.45, 7) is 3.80. The topological polar surface area (TPSA) is 88.5 Å². The van der Waals surface area contributed by atoms with Crippen LogP contribution in [0.25, 0.3) is 22.4 Å². The average molecular weight is 485 g/mol. The first-order valence-electron chi connectivity index (χ1n) is 11.3. The van der Waals surface area contributed by atoms with Crippen molar-refractivity contribution in [3.8, 4) is 11.3 Å². The van der Waals surface area contributed by atoms with Crippen LogP contribution in [-0.2, 0) is 12.6 Å². The summed E-state index contributed by atoms with van der Waals surface area (Å²) in [7, 11) is 0. The van der Waals surface area contributed by atoms with Crippen molar-refractivity contribution in [2.24, 2.45) is 0 Å². The molecule has 35 heavy (non-hydrogen) atoms. The Morgan fingerprint density at radius 1 is 1.09 bits per heavy atom. The van der Waals surface area contributed by atoms with Crippen LogP contribution in [0.4, 0.5) is 19.0 Å². The van der Waals surface area contributed by atoms with E-state index in [0.717, 1.165) is 18.6 Å². The number of halogens is 3. The van der Waals surface area contributed by atoms with Crippen LogP contribution in [-0.4, -0.2) is 52.1 Å². The number of aromatic nitrogens is 3. The predicted molar refractivity (Wildman–Crippen MR) is 121 cm³/mol. The molecule has 1 amide bonds. The first-order valence-corrected chi connectivity index (χ1v) is 11.3. The number of carbonyl (C=O) groups is 1. The number of nitrogens with zero attached hydrogens (tertiary/aromatic N) is 5. The van der Waals surface area contributed by atoms with Crippen molar-refractivity contribution in [3.05, 3.63) is 59.8 Å². The highest BCUT2D eigenvalue weighted by molar-refractivity contribution is 5.98. The molecule has 0 bridgehead atoms. The molecule has 0 aliphatic carbocycles. The molecule has 3 aromatic heterocycles. The Morgan fingerprint density at radius 3 is 2.57 bits per heavy atom. The van der Waals surface area contributed by atoms with E-state index in [9.17, 15) is 18.0 Å². The van der Waals surface area contributed by atoms with Crippen molar-refractivity contribution >= 4 is 22.8 Å². The van der Waals surface area contributed by atoms with Crippen molar-refractivity contribution < 1.29 is 26.9 Å². The van der Waals surface area contributed by atoms with E-state index in [-0.39, 0.29) is 28.6 Å². The van der Waals surface area contributed by atoms with Gasteiger partial charge in [0, 0.05) is 38.2 Å². The zero-order chi connectivity index (χ0) is 24.6. The van der Waals surface area contributed by atoms with Gasteiger partial charge in [-0.15, -0.1) is 0 Å². The molecular weight excluding hydrogens is 463 g/mol. The summed E-state index contributed by atoms with van der Waals surface area (Å²) in [5.74, 6) is 1.19. The molecule has 4 heterocycles. The molecule has 1 aromatic carbocycles. The maximum Gasteiger partial charge on any atom is 0.416 e. The fourth-order valence-electron chi connectivity index (χ4n) is 4.16. The molecule has 8 nitrogen and oxygen atoms in total. The fourth-order valence-corrected chi connectivity index (χ4v) is 4.16. The van der Waals surface area contributed by atoms with E-state index in [1.807, 2.05) is 11.8 Å². The molecule has 0 saturated carbocycles. The molecular formula is C24H22F3N5O3. The van der Waals surface area contributed by atoms with E-state index in [0.29, 0.717) is 49.6 Å². The van der Waals surface area contributed by atoms with E-state index in [4.69, 9.17) is 13.9 Å². The lowest BCUT2D eigenvalue weighted by molar-refractivity contribution is -0.137. The molecule has 4 aromatic rings. The van der Waals surface area contributed by atoms with Crippen molar-refractivity contribution in [2.45, 2.75) is 25.9 Å². The second-order valence-corrected chi connectivity index (χ2v) is 8.26. The number of benzene rings is 1. The molecule has 1 aliphatic rings. The SMILES string of the molecule is CCCc1nc(N2CCN(C(=O)c3ccco3)CC2)c2c(-c3cccc(C(F)(F)F)c3)noc2n1. The third-order valence-electron chi connectivity index (χ3n) is 5.90. The van der Waals surface area contributed by atoms with Gasteiger partial charge in [0.15, 0.2) is 5.76 Å². The number of furan rings is 1. The van der Waals surface area contributed by atoms with Gasteiger partial charge >= 0.3 is 6.18 Å². The van der Waals surface area contributed by atoms with Crippen LogP contribution in [0.15, 0.2) is 51.6 Å². The maximum absolute atomic E-state index is 13.3. The highest BCUT2D eigenvalue weighted by Gasteiger charge is 2.32. The summed E-state index contributed by atoms with van der Waals surface area (Å²) in [4.78, 5) is 25.5. The zero-order valence-electron chi connectivity index (χ0n) is 18.9. The lowest BCUT2D eigenvalue weighted by Gasteiger charge is -2.35. The highest BCUT2D eigenvalue weighted by Crippen LogP contribution is 2.37. The Labute approximate surface area is 198 Å². The van der Waals surface area contributed by atoms with Crippen LogP contribution < -0.4 is 4.90 Å². The monoisotopic (exact) mass is 485 g/mol. The number of piperazine rings is 1. The summed E-state index contributed by atoms with van der Waals surface area (Å²) in [5, 5.41) is 4.53. The van der Waals surface area contributed by atoms with Crippen LogP contribution in [0.2, 0.25) is 0 Å². The number of hydrogen-bond acceptors (Lipinski definition) is 7. The number of alkyl halides is 3. The number of rotatable bonds is 5. The van der Waals surface area contributed by atoms with E-state index >= 15 is 0 Å². The largest absolute Gasteiger partial charge is 0.459 e. The number of fused-ring (bicyclic) bond motifs is 1. The first kappa shape index (κ1) is 22.9. The molecule has 1 saturated heterocycles. The molecule has 5 rings (SSSR count). The molecule has 0 unspecified atom stereocenters. The highest BCUT2D eigenvalue weighted by atomic mass is 19.4. The van der Waals surface area contributed by atoms with Gasteiger partial charge in [0.05, 0.1) is 11.8 Å². The molecule has 0 atom stereocenters. The van der Waals surface area contributed by atoms with Gasteiger partial charge in [-0.2, -0.15) is 18.2 Å². The number of carbonyl (C=O) groups excluding carboxylic acids is 1. The van der Waals surface area contributed by atoms with Crippen LogP contribution in [0.1, 0.15) is 35.3 Å².